The number of nitrogens with zero attached hydrogens (tertiary/aromatic N) is 1. The SMILES string of the molecule is CCc1ccccc1NC(=O)CN1C2CS(=O)(=O)CC2NC2CS(=O)(=O)CC21. The van der Waals surface area contributed by atoms with Gasteiger partial charge >= 0.3 is 0 Å². The average molecular weight is 428 g/mol. The lowest BCUT2D eigenvalue weighted by atomic mass is 9.97. The van der Waals surface area contributed by atoms with E-state index in [1.807, 2.05) is 36.1 Å². The van der Waals surface area contributed by atoms with E-state index in [1.54, 1.807) is 0 Å². The molecule has 3 aliphatic rings. The van der Waals surface area contributed by atoms with E-state index in [9.17, 15) is 21.6 Å². The van der Waals surface area contributed by atoms with Gasteiger partial charge in [0.1, 0.15) is 0 Å². The fraction of sp³-hybridized carbons (Fsp3) is 0.611. The summed E-state index contributed by atoms with van der Waals surface area (Å²) in [5.41, 5.74) is 1.75. The monoisotopic (exact) mass is 427 g/mol. The summed E-state index contributed by atoms with van der Waals surface area (Å²) in [5.74, 6) is -0.386. The molecule has 1 amide bonds. The summed E-state index contributed by atoms with van der Waals surface area (Å²) in [7, 11) is -6.42. The highest BCUT2D eigenvalue weighted by Crippen LogP contribution is 2.31. The Kier molecular flexibility index (Phi) is 5.01. The van der Waals surface area contributed by atoms with Crippen molar-refractivity contribution in [3.8, 4) is 0 Å². The van der Waals surface area contributed by atoms with Crippen LogP contribution < -0.4 is 10.6 Å². The van der Waals surface area contributed by atoms with Gasteiger partial charge in [-0.3, -0.25) is 9.69 Å². The third-order valence-electron chi connectivity index (χ3n) is 5.92. The number of sulfone groups is 2. The second kappa shape index (κ2) is 7.08. The van der Waals surface area contributed by atoms with Gasteiger partial charge in [-0.15, -0.1) is 0 Å². The summed E-state index contributed by atoms with van der Waals surface area (Å²) in [5, 5.41) is 6.14. The number of rotatable bonds is 4. The summed E-state index contributed by atoms with van der Waals surface area (Å²) < 4.78 is 48.7. The number of hydrogen-bond acceptors (Lipinski definition) is 7. The quantitative estimate of drug-likeness (QED) is 0.661. The lowest BCUT2D eigenvalue weighted by Gasteiger charge is -2.44. The van der Waals surface area contributed by atoms with Crippen molar-refractivity contribution in [1.29, 1.82) is 0 Å². The normalized spacial score (nSPS) is 33.2. The van der Waals surface area contributed by atoms with E-state index in [4.69, 9.17) is 0 Å². The van der Waals surface area contributed by atoms with Crippen LogP contribution in [0.3, 0.4) is 0 Å². The largest absolute Gasteiger partial charge is 0.325 e. The minimum Gasteiger partial charge on any atom is -0.325 e. The molecular formula is C18H25N3O5S2. The molecule has 10 heteroatoms. The number of carbonyl (C=O) groups is 1. The first kappa shape index (κ1) is 19.8. The molecule has 3 heterocycles. The standard InChI is InChI=1S/C18H25N3O5S2/c1-2-12-5-3-4-6-13(12)20-18(22)7-21-16-10-27(23,24)8-14(16)19-15-9-28(25,26)11-17(15)21/h3-6,14-17,19H,2,7-11H2,1H3,(H,20,22). The Morgan fingerprint density at radius 2 is 1.61 bits per heavy atom. The minimum atomic E-state index is -3.21. The van der Waals surface area contributed by atoms with Crippen LogP contribution in [0.25, 0.3) is 0 Å². The van der Waals surface area contributed by atoms with Gasteiger partial charge in [0.05, 0.1) is 29.6 Å². The van der Waals surface area contributed by atoms with Crippen molar-refractivity contribution in [3.63, 3.8) is 0 Å². The number of carbonyl (C=O) groups excluding carboxylic acids is 1. The number of fused-ring (bicyclic) bond motifs is 2. The number of aryl methyl sites for hydroxylation is 1. The van der Waals surface area contributed by atoms with E-state index >= 15 is 0 Å². The van der Waals surface area contributed by atoms with Gasteiger partial charge in [0.25, 0.3) is 0 Å². The van der Waals surface area contributed by atoms with Crippen molar-refractivity contribution >= 4 is 31.3 Å². The number of amides is 1. The molecule has 0 spiro atoms. The molecule has 3 saturated heterocycles. The van der Waals surface area contributed by atoms with Gasteiger partial charge in [-0.25, -0.2) is 16.8 Å². The van der Waals surface area contributed by atoms with Gasteiger partial charge in [-0.1, -0.05) is 25.1 Å². The highest BCUT2D eigenvalue weighted by atomic mass is 32.2. The molecule has 4 rings (SSSR count). The summed E-state index contributed by atoms with van der Waals surface area (Å²) in [4.78, 5) is 14.6. The molecular weight excluding hydrogens is 402 g/mol. The van der Waals surface area contributed by atoms with Gasteiger partial charge in [0.2, 0.25) is 5.91 Å². The maximum atomic E-state index is 12.8. The van der Waals surface area contributed by atoms with Crippen LogP contribution in [0.2, 0.25) is 0 Å². The Morgan fingerprint density at radius 1 is 1.04 bits per heavy atom. The van der Waals surface area contributed by atoms with Crippen LogP contribution in [0, 0.1) is 0 Å². The number of anilines is 1. The number of hydrogen-bond donors (Lipinski definition) is 2. The van der Waals surface area contributed by atoms with Crippen molar-refractivity contribution in [1.82, 2.24) is 10.2 Å². The topological polar surface area (TPSA) is 113 Å². The summed E-state index contributed by atoms with van der Waals surface area (Å²) >= 11 is 0. The van der Waals surface area contributed by atoms with Crippen LogP contribution in [-0.2, 0) is 30.9 Å². The second-order valence-electron chi connectivity index (χ2n) is 7.90. The van der Waals surface area contributed by atoms with E-state index in [-0.39, 0.29) is 59.6 Å². The Bertz CT molecular complexity index is 944. The molecule has 8 nitrogen and oxygen atoms in total. The van der Waals surface area contributed by atoms with Gasteiger partial charge in [0.15, 0.2) is 19.7 Å². The zero-order valence-corrected chi connectivity index (χ0v) is 17.3. The van der Waals surface area contributed by atoms with E-state index in [1.165, 1.54) is 0 Å². The van der Waals surface area contributed by atoms with Crippen molar-refractivity contribution in [2.45, 2.75) is 37.5 Å². The molecule has 0 radical (unpaired) electrons. The molecule has 2 N–H and O–H groups in total. The summed E-state index contributed by atoms with van der Waals surface area (Å²) in [6.45, 7) is 1.98. The van der Waals surface area contributed by atoms with Crippen molar-refractivity contribution in [2.24, 2.45) is 0 Å². The van der Waals surface area contributed by atoms with Crippen molar-refractivity contribution in [3.05, 3.63) is 29.8 Å². The van der Waals surface area contributed by atoms with Crippen LogP contribution >= 0.6 is 0 Å². The van der Waals surface area contributed by atoms with E-state index in [2.05, 4.69) is 10.6 Å². The van der Waals surface area contributed by atoms with E-state index < -0.39 is 19.7 Å². The number of nitrogens with one attached hydrogen (secondary N) is 2. The van der Waals surface area contributed by atoms with Gasteiger partial charge in [-0.05, 0) is 18.1 Å². The fourth-order valence-electron chi connectivity index (χ4n) is 4.69. The van der Waals surface area contributed by atoms with Gasteiger partial charge in [-0.2, -0.15) is 0 Å². The second-order valence-corrected chi connectivity index (χ2v) is 12.2. The molecule has 154 valence electrons. The van der Waals surface area contributed by atoms with Crippen LogP contribution in [0.5, 0.6) is 0 Å². The maximum Gasteiger partial charge on any atom is 0.238 e. The fourth-order valence-corrected chi connectivity index (χ4v) is 8.58. The average Bonchev–Trinajstić information content (AvgIpc) is 3.08. The molecule has 3 aliphatic heterocycles. The van der Waals surface area contributed by atoms with Crippen LogP contribution in [-0.4, -0.2) is 81.4 Å². The Morgan fingerprint density at radius 3 is 2.18 bits per heavy atom. The predicted octanol–water partition coefficient (Wildman–Crippen LogP) is -0.576. The first-order valence-electron chi connectivity index (χ1n) is 9.48. The van der Waals surface area contributed by atoms with Crippen LogP contribution in [0.15, 0.2) is 24.3 Å². The molecule has 0 bridgehead atoms. The van der Waals surface area contributed by atoms with Crippen LogP contribution in [0.4, 0.5) is 5.69 Å². The van der Waals surface area contributed by atoms with E-state index in [0.29, 0.717) is 0 Å². The molecule has 0 aliphatic carbocycles. The third-order valence-corrected chi connectivity index (χ3v) is 9.36. The molecule has 1 aromatic rings. The molecule has 0 aromatic heterocycles. The maximum absolute atomic E-state index is 12.8. The molecule has 28 heavy (non-hydrogen) atoms. The predicted molar refractivity (Wildman–Crippen MR) is 107 cm³/mol. The zero-order valence-electron chi connectivity index (χ0n) is 15.7. The molecule has 4 atom stereocenters. The summed E-state index contributed by atoms with van der Waals surface area (Å²) in [6, 6.07) is 6.09. The molecule has 3 fully saturated rings. The Labute approximate surface area is 165 Å². The molecule has 0 saturated carbocycles. The minimum absolute atomic E-state index is 0.0161. The number of piperazine rings is 1. The van der Waals surface area contributed by atoms with Gasteiger partial charge in [0, 0.05) is 29.9 Å². The van der Waals surface area contributed by atoms with Gasteiger partial charge < -0.3 is 10.6 Å². The highest BCUT2D eigenvalue weighted by Gasteiger charge is 2.54. The zero-order chi connectivity index (χ0) is 20.1. The summed E-state index contributed by atoms with van der Waals surface area (Å²) in [6.07, 6.45) is 0.774. The first-order chi connectivity index (χ1) is 13.2. The number of para-hydroxylation sites is 1. The Hall–Kier alpha value is -1.49. The van der Waals surface area contributed by atoms with Crippen molar-refractivity contribution in [2.75, 3.05) is 34.9 Å². The van der Waals surface area contributed by atoms with Crippen LogP contribution in [0.1, 0.15) is 12.5 Å². The van der Waals surface area contributed by atoms with Crippen molar-refractivity contribution < 1.29 is 21.6 Å². The smallest absolute Gasteiger partial charge is 0.238 e. The third kappa shape index (κ3) is 3.83. The lowest BCUT2D eigenvalue weighted by molar-refractivity contribution is -0.119. The highest BCUT2D eigenvalue weighted by molar-refractivity contribution is 7.92. The number of benzene rings is 1. The molecule has 4 unspecified atom stereocenters. The Balaban J connectivity index is 1.57. The van der Waals surface area contributed by atoms with E-state index in [0.717, 1.165) is 17.7 Å². The lowest BCUT2D eigenvalue weighted by Crippen LogP contribution is -2.67. The first-order valence-corrected chi connectivity index (χ1v) is 13.1. The molecule has 1 aromatic carbocycles.